The molecule has 1 heterocycles. The maximum Gasteiger partial charge on any atom is 0.0659 e. The average Bonchev–Trinajstić information content (AvgIpc) is 3.07. The molecule has 4 rings (SSSR count). The lowest BCUT2D eigenvalue weighted by Crippen LogP contribution is -2.15. The second kappa shape index (κ2) is 5.30. The van der Waals surface area contributed by atoms with Crippen molar-refractivity contribution in [1.29, 1.82) is 0 Å². The van der Waals surface area contributed by atoms with Gasteiger partial charge in [0.25, 0.3) is 0 Å². The van der Waals surface area contributed by atoms with Crippen molar-refractivity contribution in [3.63, 3.8) is 0 Å². The minimum absolute atomic E-state index is 0.754. The van der Waals surface area contributed by atoms with Crippen molar-refractivity contribution in [3.8, 4) is 0 Å². The SMILES string of the molecule is Cc1nn(Cc2ccc3c(c2)CCC3)cc1CNC1CC1. The van der Waals surface area contributed by atoms with E-state index in [-0.39, 0.29) is 0 Å². The lowest BCUT2D eigenvalue weighted by Gasteiger charge is -2.05. The van der Waals surface area contributed by atoms with E-state index in [4.69, 9.17) is 0 Å². The summed E-state index contributed by atoms with van der Waals surface area (Å²) in [7, 11) is 0. The molecule has 0 atom stereocenters. The van der Waals surface area contributed by atoms with Gasteiger partial charge in [-0.1, -0.05) is 18.2 Å². The van der Waals surface area contributed by atoms with Crippen molar-refractivity contribution >= 4 is 0 Å². The van der Waals surface area contributed by atoms with Crippen molar-refractivity contribution < 1.29 is 0 Å². The first-order valence-corrected chi connectivity index (χ1v) is 8.15. The standard InChI is InChI=1S/C18H23N3/c1-13-17(10-19-18-7-8-18)12-21(20-13)11-14-5-6-15-3-2-4-16(15)9-14/h5-6,9,12,18-19H,2-4,7-8,10-11H2,1H3. The van der Waals surface area contributed by atoms with Gasteiger partial charge in [-0.15, -0.1) is 0 Å². The summed E-state index contributed by atoms with van der Waals surface area (Å²) in [6.45, 7) is 3.96. The first-order chi connectivity index (χ1) is 10.3. The summed E-state index contributed by atoms with van der Waals surface area (Å²) in [5.74, 6) is 0. The molecule has 1 aromatic carbocycles. The average molecular weight is 281 g/mol. The largest absolute Gasteiger partial charge is 0.310 e. The fourth-order valence-electron chi connectivity index (χ4n) is 3.27. The summed E-state index contributed by atoms with van der Waals surface area (Å²) in [4.78, 5) is 0. The molecule has 3 nitrogen and oxygen atoms in total. The van der Waals surface area contributed by atoms with Crippen LogP contribution in [0.1, 0.15) is 47.2 Å². The Labute approximate surface area is 126 Å². The van der Waals surface area contributed by atoms with E-state index in [0.717, 1.165) is 24.8 Å². The molecule has 1 aromatic heterocycles. The Bertz CT molecular complexity index is 652. The predicted octanol–water partition coefficient (Wildman–Crippen LogP) is 2.98. The van der Waals surface area contributed by atoms with Crippen LogP contribution >= 0.6 is 0 Å². The molecule has 2 aliphatic carbocycles. The number of rotatable bonds is 5. The second-order valence-electron chi connectivity index (χ2n) is 6.55. The number of fused-ring (bicyclic) bond motifs is 1. The zero-order valence-corrected chi connectivity index (χ0v) is 12.7. The van der Waals surface area contributed by atoms with Gasteiger partial charge in [-0.2, -0.15) is 5.10 Å². The van der Waals surface area contributed by atoms with Gasteiger partial charge in [0.15, 0.2) is 0 Å². The van der Waals surface area contributed by atoms with Gasteiger partial charge in [0.2, 0.25) is 0 Å². The molecule has 0 radical (unpaired) electrons. The third-order valence-corrected chi connectivity index (χ3v) is 4.71. The van der Waals surface area contributed by atoms with Crippen LogP contribution in [0.3, 0.4) is 0 Å². The molecule has 0 aliphatic heterocycles. The van der Waals surface area contributed by atoms with Gasteiger partial charge in [-0.05, 0) is 55.7 Å². The minimum atomic E-state index is 0.754. The number of hydrogen-bond donors (Lipinski definition) is 1. The molecule has 0 amide bonds. The highest BCUT2D eigenvalue weighted by atomic mass is 15.3. The Morgan fingerprint density at radius 3 is 2.95 bits per heavy atom. The predicted molar refractivity (Wildman–Crippen MR) is 84.4 cm³/mol. The molecule has 1 fully saturated rings. The quantitative estimate of drug-likeness (QED) is 0.913. The molecule has 3 heteroatoms. The van der Waals surface area contributed by atoms with Crippen molar-refractivity contribution in [2.24, 2.45) is 0 Å². The summed E-state index contributed by atoms with van der Waals surface area (Å²) < 4.78 is 2.09. The van der Waals surface area contributed by atoms with Crippen LogP contribution in [0, 0.1) is 6.92 Å². The lowest BCUT2D eigenvalue weighted by molar-refractivity contribution is 0.673. The molecule has 1 N–H and O–H groups in total. The van der Waals surface area contributed by atoms with Crippen LogP contribution < -0.4 is 5.32 Å². The highest BCUT2D eigenvalue weighted by molar-refractivity contribution is 5.35. The van der Waals surface area contributed by atoms with Crippen molar-refractivity contribution in [1.82, 2.24) is 15.1 Å². The van der Waals surface area contributed by atoms with Crippen molar-refractivity contribution in [2.75, 3.05) is 0 Å². The van der Waals surface area contributed by atoms with Crippen LogP contribution in [0.25, 0.3) is 0 Å². The zero-order chi connectivity index (χ0) is 14.2. The van der Waals surface area contributed by atoms with Gasteiger partial charge in [0, 0.05) is 24.3 Å². The summed E-state index contributed by atoms with van der Waals surface area (Å²) in [5, 5.41) is 8.25. The molecule has 0 unspecified atom stereocenters. The first kappa shape index (κ1) is 13.1. The Hall–Kier alpha value is -1.61. The third kappa shape index (κ3) is 2.88. The normalized spacial score (nSPS) is 17.2. The zero-order valence-electron chi connectivity index (χ0n) is 12.7. The number of benzene rings is 1. The van der Waals surface area contributed by atoms with E-state index in [1.54, 1.807) is 11.1 Å². The van der Waals surface area contributed by atoms with E-state index >= 15 is 0 Å². The molecule has 1 saturated carbocycles. The monoisotopic (exact) mass is 281 g/mol. The number of nitrogens with zero attached hydrogens (tertiary/aromatic N) is 2. The van der Waals surface area contributed by atoms with Gasteiger partial charge < -0.3 is 5.32 Å². The minimum Gasteiger partial charge on any atom is -0.310 e. The Balaban J connectivity index is 1.47. The van der Waals surface area contributed by atoms with Crippen LogP contribution in [0.5, 0.6) is 0 Å². The van der Waals surface area contributed by atoms with Crippen LogP contribution in [-0.4, -0.2) is 15.8 Å². The molecule has 110 valence electrons. The maximum atomic E-state index is 4.67. The Morgan fingerprint density at radius 2 is 2.10 bits per heavy atom. The van der Waals surface area contributed by atoms with Crippen LogP contribution in [0.4, 0.5) is 0 Å². The van der Waals surface area contributed by atoms with Crippen LogP contribution in [0.2, 0.25) is 0 Å². The highest BCUT2D eigenvalue weighted by Gasteiger charge is 2.20. The van der Waals surface area contributed by atoms with Gasteiger partial charge in [-0.3, -0.25) is 4.68 Å². The fraction of sp³-hybridized carbons (Fsp3) is 0.500. The molecule has 21 heavy (non-hydrogen) atoms. The highest BCUT2D eigenvalue weighted by Crippen LogP contribution is 2.23. The van der Waals surface area contributed by atoms with E-state index in [1.165, 1.54) is 43.2 Å². The summed E-state index contributed by atoms with van der Waals surface area (Å²) in [5.41, 5.74) is 6.96. The molecular weight excluding hydrogens is 258 g/mol. The fourth-order valence-corrected chi connectivity index (χ4v) is 3.27. The molecular formula is C18H23N3. The van der Waals surface area contributed by atoms with E-state index in [0.29, 0.717) is 0 Å². The van der Waals surface area contributed by atoms with Gasteiger partial charge in [0.05, 0.1) is 12.2 Å². The topological polar surface area (TPSA) is 29.9 Å². The van der Waals surface area contributed by atoms with Crippen LogP contribution in [-0.2, 0) is 25.9 Å². The molecule has 0 spiro atoms. The van der Waals surface area contributed by atoms with Crippen molar-refractivity contribution in [3.05, 3.63) is 52.3 Å². The summed E-state index contributed by atoms with van der Waals surface area (Å²) in [6.07, 6.45) is 8.70. The van der Waals surface area contributed by atoms with Gasteiger partial charge in [0.1, 0.15) is 0 Å². The maximum absolute atomic E-state index is 4.67. The van der Waals surface area contributed by atoms with E-state index in [1.807, 2.05) is 0 Å². The van der Waals surface area contributed by atoms with Crippen molar-refractivity contribution in [2.45, 2.75) is 58.2 Å². The Kier molecular flexibility index (Phi) is 3.30. The third-order valence-electron chi connectivity index (χ3n) is 4.71. The van der Waals surface area contributed by atoms with E-state index < -0.39 is 0 Å². The number of hydrogen-bond acceptors (Lipinski definition) is 2. The lowest BCUT2D eigenvalue weighted by atomic mass is 10.1. The number of nitrogens with one attached hydrogen (secondary N) is 1. The molecule has 2 aliphatic rings. The van der Waals surface area contributed by atoms with Crippen LogP contribution in [0.15, 0.2) is 24.4 Å². The van der Waals surface area contributed by atoms with E-state index in [9.17, 15) is 0 Å². The number of aryl methyl sites for hydroxylation is 3. The smallest absolute Gasteiger partial charge is 0.0659 e. The molecule has 0 saturated heterocycles. The molecule has 2 aromatic rings. The summed E-state index contributed by atoms with van der Waals surface area (Å²) in [6, 6.07) is 7.71. The Morgan fingerprint density at radius 1 is 1.24 bits per heavy atom. The van der Waals surface area contributed by atoms with Gasteiger partial charge in [-0.25, -0.2) is 0 Å². The summed E-state index contributed by atoms with van der Waals surface area (Å²) >= 11 is 0. The first-order valence-electron chi connectivity index (χ1n) is 8.15. The second-order valence-corrected chi connectivity index (χ2v) is 6.55. The molecule has 0 bridgehead atoms. The van der Waals surface area contributed by atoms with E-state index in [2.05, 4.69) is 46.4 Å². The number of aromatic nitrogens is 2. The van der Waals surface area contributed by atoms with Gasteiger partial charge >= 0.3 is 0 Å².